The van der Waals surface area contributed by atoms with Gasteiger partial charge in [-0.1, -0.05) is 30.3 Å². The summed E-state index contributed by atoms with van der Waals surface area (Å²) in [5, 5.41) is 0. The van der Waals surface area contributed by atoms with Crippen molar-refractivity contribution in [1.29, 1.82) is 0 Å². The molecular formula is C20H27ClN2O2. The molecule has 0 aliphatic rings. The van der Waals surface area contributed by atoms with Crippen LogP contribution in [-0.2, 0) is 17.6 Å². The Bertz CT molecular complexity index is 659. The Hall–Kier alpha value is -2.20. The molecule has 4 nitrogen and oxygen atoms in total. The number of methoxy groups -OCH3 is 1. The van der Waals surface area contributed by atoms with Crippen LogP contribution in [0.1, 0.15) is 24.0 Å². The number of hydrogen-bond acceptors (Lipinski definition) is 3. The molecule has 0 aromatic heterocycles. The van der Waals surface area contributed by atoms with Gasteiger partial charge in [-0.25, -0.2) is 0 Å². The van der Waals surface area contributed by atoms with E-state index in [2.05, 4.69) is 12.1 Å². The van der Waals surface area contributed by atoms with Crippen molar-refractivity contribution in [3.8, 4) is 5.75 Å². The predicted octanol–water partition coefficient (Wildman–Crippen LogP) is 3.72. The van der Waals surface area contributed by atoms with Gasteiger partial charge in [-0.3, -0.25) is 4.79 Å². The van der Waals surface area contributed by atoms with E-state index in [0.717, 1.165) is 36.4 Å². The van der Waals surface area contributed by atoms with Gasteiger partial charge >= 0.3 is 0 Å². The monoisotopic (exact) mass is 362 g/mol. The Morgan fingerprint density at radius 1 is 1.08 bits per heavy atom. The average molecular weight is 363 g/mol. The van der Waals surface area contributed by atoms with Gasteiger partial charge in [-0.05, 0) is 48.6 Å². The molecule has 25 heavy (non-hydrogen) atoms. The molecule has 0 atom stereocenters. The van der Waals surface area contributed by atoms with E-state index in [0.29, 0.717) is 12.8 Å². The molecule has 0 saturated heterocycles. The number of rotatable bonds is 8. The maximum atomic E-state index is 12.2. The van der Waals surface area contributed by atoms with Gasteiger partial charge < -0.3 is 15.4 Å². The Morgan fingerprint density at radius 2 is 1.76 bits per heavy atom. The Morgan fingerprint density at radius 3 is 2.40 bits per heavy atom. The van der Waals surface area contributed by atoms with Crippen LogP contribution in [0.2, 0.25) is 0 Å². The van der Waals surface area contributed by atoms with Crippen molar-refractivity contribution in [3.05, 3.63) is 59.7 Å². The minimum absolute atomic E-state index is 0. The number of benzene rings is 2. The summed E-state index contributed by atoms with van der Waals surface area (Å²) in [6.45, 7) is 0.759. The average Bonchev–Trinajstić information content (AvgIpc) is 2.61. The van der Waals surface area contributed by atoms with Crippen LogP contribution in [0.15, 0.2) is 48.5 Å². The number of halogens is 1. The second-order valence-corrected chi connectivity index (χ2v) is 5.97. The lowest BCUT2D eigenvalue weighted by Gasteiger charge is -2.17. The zero-order valence-corrected chi connectivity index (χ0v) is 15.7. The van der Waals surface area contributed by atoms with Crippen LogP contribution in [0, 0.1) is 0 Å². The highest BCUT2D eigenvalue weighted by atomic mass is 35.5. The lowest BCUT2D eigenvalue weighted by atomic mass is 10.1. The van der Waals surface area contributed by atoms with Gasteiger partial charge in [0.05, 0.1) is 7.11 Å². The minimum atomic E-state index is 0. The Balaban J connectivity index is 0.00000312. The first-order chi connectivity index (χ1) is 11.6. The van der Waals surface area contributed by atoms with Crippen LogP contribution >= 0.6 is 12.4 Å². The summed E-state index contributed by atoms with van der Waals surface area (Å²) in [4.78, 5) is 14.0. The summed E-state index contributed by atoms with van der Waals surface area (Å²) in [7, 11) is 3.53. The van der Waals surface area contributed by atoms with Crippen molar-refractivity contribution in [2.24, 2.45) is 0 Å². The fourth-order valence-electron chi connectivity index (χ4n) is 2.63. The standard InChI is InChI=1S/C20H26N2O2.ClH/c1-22(15-5-6-16-9-12-18(24-2)13-10-16)20(23)14-11-17-7-3-4-8-19(17)21;/h3-4,7-10,12-13H,5-6,11,14-15,21H2,1-2H3;1H. The normalized spacial score (nSPS) is 10.0. The number of ether oxygens (including phenoxy) is 1. The van der Waals surface area contributed by atoms with Crippen LogP contribution in [0.3, 0.4) is 0 Å². The molecule has 0 saturated carbocycles. The summed E-state index contributed by atoms with van der Waals surface area (Å²) in [5.74, 6) is 1.03. The van der Waals surface area contributed by atoms with Crippen LogP contribution in [0.5, 0.6) is 5.75 Å². The van der Waals surface area contributed by atoms with Gasteiger partial charge in [0.15, 0.2) is 0 Å². The van der Waals surface area contributed by atoms with E-state index >= 15 is 0 Å². The number of aryl methyl sites for hydroxylation is 2. The largest absolute Gasteiger partial charge is 0.497 e. The Labute approximate surface area is 156 Å². The van der Waals surface area contributed by atoms with E-state index in [1.54, 1.807) is 7.11 Å². The molecule has 136 valence electrons. The fraction of sp³-hybridized carbons (Fsp3) is 0.350. The van der Waals surface area contributed by atoms with Crippen molar-refractivity contribution in [3.63, 3.8) is 0 Å². The zero-order valence-electron chi connectivity index (χ0n) is 14.9. The molecule has 0 heterocycles. The first-order valence-electron chi connectivity index (χ1n) is 8.30. The molecule has 0 radical (unpaired) electrons. The topological polar surface area (TPSA) is 55.6 Å². The van der Waals surface area contributed by atoms with Gasteiger partial charge in [-0.2, -0.15) is 0 Å². The van der Waals surface area contributed by atoms with Gasteiger partial charge in [0.1, 0.15) is 5.75 Å². The number of nitrogens with zero attached hydrogens (tertiary/aromatic N) is 1. The second kappa shape index (κ2) is 10.6. The highest BCUT2D eigenvalue weighted by Gasteiger charge is 2.09. The number of hydrogen-bond donors (Lipinski definition) is 1. The van der Waals surface area contributed by atoms with Gasteiger partial charge in [0, 0.05) is 25.7 Å². The molecular weight excluding hydrogens is 336 g/mol. The molecule has 0 aliphatic carbocycles. The summed E-state index contributed by atoms with van der Waals surface area (Å²) < 4.78 is 5.15. The molecule has 1 amide bonds. The number of nitrogens with two attached hydrogens (primary N) is 1. The third-order valence-electron chi connectivity index (χ3n) is 4.21. The molecule has 0 unspecified atom stereocenters. The van der Waals surface area contributed by atoms with Crippen LogP contribution in [0.4, 0.5) is 5.69 Å². The van der Waals surface area contributed by atoms with E-state index in [4.69, 9.17) is 10.5 Å². The van der Waals surface area contributed by atoms with E-state index < -0.39 is 0 Å². The number of para-hydroxylation sites is 1. The highest BCUT2D eigenvalue weighted by Crippen LogP contribution is 2.14. The molecule has 2 aromatic carbocycles. The van der Waals surface area contributed by atoms with E-state index in [-0.39, 0.29) is 18.3 Å². The van der Waals surface area contributed by atoms with Crippen molar-refractivity contribution in [2.75, 3.05) is 26.4 Å². The zero-order chi connectivity index (χ0) is 17.4. The number of amides is 1. The molecule has 2 N–H and O–H groups in total. The minimum Gasteiger partial charge on any atom is -0.497 e. The summed E-state index contributed by atoms with van der Waals surface area (Å²) in [5.41, 5.74) is 8.97. The van der Waals surface area contributed by atoms with Crippen LogP contribution in [-0.4, -0.2) is 31.5 Å². The number of carbonyl (C=O) groups is 1. The molecule has 0 fully saturated rings. The summed E-state index contributed by atoms with van der Waals surface area (Å²) >= 11 is 0. The highest BCUT2D eigenvalue weighted by molar-refractivity contribution is 5.85. The van der Waals surface area contributed by atoms with Crippen LogP contribution < -0.4 is 10.5 Å². The fourth-order valence-corrected chi connectivity index (χ4v) is 2.63. The number of anilines is 1. The Kier molecular flexibility index (Phi) is 8.86. The van der Waals surface area contributed by atoms with Crippen molar-refractivity contribution < 1.29 is 9.53 Å². The first-order valence-corrected chi connectivity index (χ1v) is 8.30. The van der Waals surface area contributed by atoms with Crippen LogP contribution in [0.25, 0.3) is 0 Å². The third-order valence-corrected chi connectivity index (χ3v) is 4.21. The number of nitrogen functional groups attached to an aromatic ring is 1. The smallest absolute Gasteiger partial charge is 0.222 e. The first kappa shape index (κ1) is 20.8. The maximum absolute atomic E-state index is 12.2. The van der Waals surface area contributed by atoms with E-state index in [1.807, 2.05) is 48.3 Å². The SMILES string of the molecule is COc1ccc(CCCN(C)C(=O)CCc2ccccc2N)cc1.Cl. The molecule has 5 heteroatoms. The van der Waals surface area contributed by atoms with Gasteiger partial charge in [-0.15, -0.1) is 12.4 Å². The lowest BCUT2D eigenvalue weighted by Crippen LogP contribution is -2.28. The van der Waals surface area contributed by atoms with Crippen molar-refractivity contribution in [2.45, 2.75) is 25.7 Å². The van der Waals surface area contributed by atoms with Crippen molar-refractivity contribution in [1.82, 2.24) is 4.90 Å². The number of carbonyl (C=O) groups excluding carboxylic acids is 1. The molecule has 0 aliphatic heterocycles. The van der Waals surface area contributed by atoms with E-state index in [1.165, 1.54) is 5.56 Å². The van der Waals surface area contributed by atoms with Gasteiger partial charge in [0.25, 0.3) is 0 Å². The summed E-state index contributed by atoms with van der Waals surface area (Å²) in [6, 6.07) is 15.8. The third kappa shape index (κ3) is 6.67. The predicted molar refractivity (Wildman–Crippen MR) is 105 cm³/mol. The molecule has 0 spiro atoms. The van der Waals surface area contributed by atoms with E-state index in [9.17, 15) is 4.79 Å². The van der Waals surface area contributed by atoms with Gasteiger partial charge in [0.2, 0.25) is 5.91 Å². The molecule has 2 rings (SSSR count). The summed E-state index contributed by atoms with van der Waals surface area (Å²) in [6.07, 6.45) is 3.08. The quantitative estimate of drug-likeness (QED) is 0.728. The second-order valence-electron chi connectivity index (χ2n) is 5.97. The lowest BCUT2D eigenvalue weighted by molar-refractivity contribution is -0.129. The van der Waals surface area contributed by atoms with Crippen molar-refractivity contribution >= 4 is 24.0 Å². The molecule has 0 bridgehead atoms. The maximum Gasteiger partial charge on any atom is 0.222 e. The molecule has 2 aromatic rings.